The third-order valence-corrected chi connectivity index (χ3v) is 5.11. The minimum atomic E-state index is -0.121. The van der Waals surface area contributed by atoms with Crippen LogP contribution in [0, 0.1) is 5.92 Å². The third-order valence-electron chi connectivity index (χ3n) is 5.11. The summed E-state index contributed by atoms with van der Waals surface area (Å²) < 4.78 is 0. The van der Waals surface area contributed by atoms with Crippen molar-refractivity contribution in [3.05, 3.63) is 70.3 Å². The highest BCUT2D eigenvalue weighted by atomic mass is 16.3. The van der Waals surface area contributed by atoms with Crippen molar-refractivity contribution in [3.63, 3.8) is 0 Å². The second-order valence-electron chi connectivity index (χ2n) is 8.50. The molecule has 0 aliphatic heterocycles. The second-order valence-corrected chi connectivity index (χ2v) is 8.50. The molecule has 156 valence electrons. The lowest BCUT2D eigenvalue weighted by Crippen LogP contribution is -1.99. The Morgan fingerprint density at radius 3 is 2.24 bits per heavy atom. The predicted octanol–water partition coefficient (Wildman–Crippen LogP) is 6.72. The van der Waals surface area contributed by atoms with E-state index in [-0.39, 0.29) is 17.4 Å². The lowest BCUT2D eigenvalue weighted by molar-refractivity contribution is 0.403. The van der Waals surface area contributed by atoms with Gasteiger partial charge in [-0.15, -0.1) is 0 Å². The SMILES string of the molecule is CC(C)=CCc1cc(C(C)/C=C/c2ccc(O)c(O)c2)cc(CCC(C)C)c1O. The molecule has 2 aromatic carbocycles. The molecule has 3 heteroatoms. The van der Waals surface area contributed by atoms with Gasteiger partial charge >= 0.3 is 0 Å². The molecule has 0 fully saturated rings. The first-order chi connectivity index (χ1) is 13.7. The summed E-state index contributed by atoms with van der Waals surface area (Å²) in [4.78, 5) is 0. The summed E-state index contributed by atoms with van der Waals surface area (Å²) in [5.74, 6) is 0.914. The molecule has 1 unspecified atom stereocenters. The third kappa shape index (κ3) is 6.70. The fourth-order valence-corrected chi connectivity index (χ4v) is 3.16. The van der Waals surface area contributed by atoms with Gasteiger partial charge in [-0.25, -0.2) is 0 Å². The highest BCUT2D eigenvalue weighted by Crippen LogP contribution is 2.32. The molecule has 3 nitrogen and oxygen atoms in total. The molecule has 29 heavy (non-hydrogen) atoms. The second kappa shape index (κ2) is 10.2. The highest BCUT2D eigenvalue weighted by molar-refractivity contribution is 5.56. The molecule has 0 spiro atoms. The van der Waals surface area contributed by atoms with E-state index in [0.29, 0.717) is 11.7 Å². The topological polar surface area (TPSA) is 60.7 Å². The Morgan fingerprint density at radius 1 is 0.931 bits per heavy atom. The molecule has 0 aliphatic carbocycles. The van der Waals surface area contributed by atoms with E-state index in [1.54, 1.807) is 12.1 Å². The van der Waals surface area contributed by atoms with Gasteiger partial charge in [-0.3, -0.25) is 0 Å². The number of hydrogen-bond acceptors (Lipinski definition) is 3. The van der Waals surface area contributed by atoms with Crippen LogP contribution in [-0.2, 0) is 12.8 Å². The minimum Gasteiger partial charge on any atom is -0.507 e. The molecule has 0 aliphatic rings. The fourth-order valence-electron chi connectivity index (χ4n) is 3.16. The van der Waals surface area contributed by atoms with E-state index in [1.165, 1.54) is 11.6 Å². The van der Waals surface area contributed by atoms with Crippen LogP contribution in [0.5, 0.6) is 17.2 Å². The zero-order valence-corrected chi connectivity index (χ0v) is 18.2. The smallest absolute Gasteiger partial charge is 0.157 e. The molecular formula is C26H34O3. The van der Waals surface area contributed by atoms with Gasteiger partial charge in [-0.1, -0.05) is 62.8 Å². The number of rotatable bonds is 8. The van der Waals surface area contributed by atoms with Gasteiger partial charge in [0.05, 0.1) is 0 Å². The van der Waals surface area contributed by atoms with E-state index >= 15 is 0 Å². The molecule has 2 rings (SSSR count). The van der Waals surface area contributed by atoms with Gasteiger partial charge in [0.1, 0.15) is 5.75 Å². The first kappa shape index (κ1) is 22.6. The van der Waals surface area contributed by atoms with Gasteiger partial charge in [0.15, 0.2) is 11.5 Å². The predicted molar refractivity (Wildman–Crippen MR) is 122 cm³/mol. The van der Waals surface area contributed by atoms with Crippen LogP contribution >= 0.6 is 0 Å². The molecule has 0 bridgehead atoms. The number of aromatic hydroxyl groups is 3. The normalized spacial score (nSPS) is 12.5. The fraction of sp³-hybridized carbons (Fsp3) is 0.385. The van der Waals surface area contributed by atoms with Crippen molar-refractivity contribution < 1.29 is 15.3 Å². The summed E-state index contributed by atoms with van der Waals surface area (Å²) in [5, 5.41) is 29.9. The minimum absolute atomic E-state index is 0.118. The van der Waals surface area contributed by atoms with Crippen LogP contribution in [0.2, 0.25) is 0 Å². The van der Waals surface area contributed by atoms with Gasteiger partial charge in [0.2, 0.25) is 0 Å². The first-order valence-electron chi connectivity index (χ1n) is 10.4. The average molecular weight is 395 g/mol. The Labute approximate surface area is 175 Å². The number of aryl methyl sites for hydroxylation is 1. The van der Waals surface area contributed by atoms with Crippen molar-refractivity contribution in [2.24, 2.45) is 5.92 Å². The molecule has 0 saturated carbocycles. The summed E-state index contributed by atoms with van der Waals surface area (Å²) in [7, 11) is 0. The van der Waals surface area contributed by atoms with Crippen LogP contribution in [0.4, 0.5) is 0 Å². The quantitative estimate of drug-likeness (QED) is 0.344. The van der Waals surface area contributed by atoms with Gasteiger partial charge in [-0.2, -0.15) is 0 Å². The molecule has 3 N–H and O–H groups in total. The molecule has 0 radical (unpaired) electrons. The van der Waals surface area contributed by atoms with Crippen molar-refractivity contribution in [2.45, 2.75) is 59.8 Å². The summed E-state index contributed by atoms with van der Waals surface area (Å²) in [6.07, 6.45) is 8.79. The van der Waals surface area contributed by atoms with Gasteiger partial charge in [-0.05, 0) is 79.3 Å². The van der Waals surface area contributed by atoms with E-state index in [4.69, 9.17) is 0 Å². The Balaban J connectivity index is 2.33. The number of benzene rings is 2. The summed E-state index contributed by atoms with van der Waals surface area (Å²) >= 11 is 0. The molecular weight excluding hydrogens is 360 g/mol. The first-order valence-corrected chi connectivity index (χ1v) is 10.4. The average Bonchev–Trinajstić information content (AvgIpc) is 2.66. The van der Waals surface area contributed by atoms with Crippen molar-refractivity contribution >= 4 is 6.08 Å². The van der Waals surface area contributed by atoms with Crippen LogP contribution < -0.4 is 0 Å². The number of phenols is 3. The van der Waals surface area contributed by atoms with Crippen molar-refractivity contribution in [1.82, 2.24) is 0 Å². The largest absolute Gasteiger partial charge is 0.507 e. The zero-order chi connectivity index (χ0) is 21.6. The van der Waals surface area contributed by atoms with Crippen LogP contribution in [0.3, 0.4) is 0 Å². The Hall–Kier alpha value is -2.68. The van der Waals surface area contributed by atoms with Gasteiger partial charge in [0, 0.05) is 0 Å². The Kier molecular flexibility index (Phi) is 7.95. The van der Waals surface area contributed by atoms with Crippen LogP contribution in [0.25, 0.3) is 6.08 Å². The monoisotopic (exact) mass is 394 g/mol. The van der Waals surface area contributed by atoms with Gasteiger partial charge in [0.25, 0.3) is 0 Å². The molecule has 2 aromatic rings. The summed E-state index contributed by atoms with van der Waals surface area (Å²) in [6, 6.07) is 9.01. The Morgan fingerprint density at radius 2 is 1.62 bits per heavy atom. The van der Waals surface area contributed by atoms with E-state index in [9.17, 15) is 15.3 Å². The number of allylic oxidation sites excluding steroid dienone is 3. The van der Waals surface area contributed by atoms with E-state index in [2.05, 4.69) is 58.9 Å². The molecule has 0 aromatic heterocycles. The lowest BCUT2D eigenvalue weighted by Gasteiger charge is -2.16. The summed E-state index contributed by atoms with van der Waals surface area (Å²) in [6.45, 7) is 10.7. The molecule has 1 atom stereocenters. The van der Waals surface area contributed by atoms with E-state index < -0.39 is 0 Å². The zero-order valence-electron chi connectivity index (χ0n) is 18.2. The van der Waals surface area contributed by atoms with Crippen LogP contribution in [0.1, 0.15) is 69.2 Å². The van der Waals surface area contributed by atoms with Crippen molar-refractivity contribution in [2.75, 3.05) is 0 Å². The maximum atomic E-state index is 10.8. The maximum Gasteiger partial charge on any atom is 0.157 e. The molecule has 0 heterocycles. The molecule has 0 amide bonds. The van der Waals surface area contributed by atoms with E-state index in [1.807, 2.05) is 6.08 Å². The lowest BCUT2D eigenvalue weighted by atomic mass is 9.91. The highest BCUT2D eigenvalue weighted by Gasteiger charge is 2.13. The van der Waals surface area contributed by atoms with Crippen LogP contribution in [-0.4, -0.2) is 15.3 Å². The molecule has 0 saturated heterocycles. The van der Waals surface area contributed by atoms with Crippen molar-refractivity contribution in [1.29, 1.82) is 0 Å². The maximum absolute atomic E-state index is 10.8. The Bertz CT molecular complexity index is 887. The number of hydrogen-bond donors (Lipinski definition) is 3. The van der Waals surface area contributed by atoms with Crippen LogP contribution in [0.15, 0.2) is 48.1 Å². The van der Waals surface area contributed by atoms with Gasteiger partial charge < -0.3 is 15.3 Å². The summed E-state index contributed by atoms with van der Waals surface area (Å²) in [5.41, 5.74) is 5.20. The standard InChI is InChI=1S/C26H34O3/c1-17(2)6-11-21-15-23(16-22(26(21)29)12-7-18(3)4)19(5)8-9-20-10-13-24(27)25(28)14-20/h6,8-10,13-16,18-19,27-29H,7,11-12H2,1-5H3/b9-8+. The van der Waals surface area contributed by atoms with Crippen molar-refractivity contribution in [3.8, 4) is 17.2 Å². The number of phenolic OH excluding ortho intramolecular Hbond substituents is 3. The van der Waals surface area contributed by atoms with E-state index in [0.717, 1.165) is 41.5 Å².